The van der Waals surface area contributed by atoms with E-state index in [1.165, 1.54) is 23.4 Å². The van der Waals surface area contributed by atoms with Gasteiger partial charge >= 0.3 is 7.60 Å². The summed E-state index contributed by atoms with van der Waals surface area (Å²) in [7, 11) is -1.89. The molecule has 2 fully saturated rings. The van der Waals surface area contributed by atoms with Crippen molar-refractivity contribution in [2.75, 3.05) is 20.4 Å². The number of Topliss-reactive ketones (excluding diaryl/α,β-unsaturated/α-hetero) is 1. The lowest BCUT2D eigenvalue weighted by molar-refractivity contribution is -0.114. The molecule has 0 bridgehead atoms. The van der Waals surface area contributed by atoms with Gasteiger partial charge in [0, 0.05) is 37.6 Å². The van der Waals surface area contributed by atoms with Crippen molar-refractivity contribution in [1.82, 2.24) is 0 Å². The van der Waals surface area contributed by atoms with Gasteiger partial charge in [0.05, 0.1) is 24.9 Å². The minimum absolute atomic E-state index is 0.00217. The fraction of sp³-hybridized carbons (Fsp3) is 0.541. The van der Waals surface area contributed by atoms with Crippen LogP contribution in [0.3, 0.4) is 0 Å². The first-order valence-electron chi connectivity index (χ1n) is 16.3. The number of ether oxygens (including phenoxy) is 3. The van der Waals surface area contributed by atoms with Crippen LogP contribution in [0.4, 0.5) is 0 Å². The summed E-state index contributed by atoms with van der Waals surface area (Å²) < 4.78 is 45.6. The molecule has 0 aromatic heterocycles. The second kappa shape index (κ2) is 13.0. The van der Waals surface area contributed by atoms with E-state index in [9.17, 15) is 9.36 Å². The van der Waals surface area contributed by atoms with Crippen molar-refractivity contribution in [2.24, 2.45) is 17.8 Å². The van der Waals surface area contributed by atoms with Crippen LogP contribution in [-0.4, -0.2) is 62.8 Å². The maximum absolute atomic E-state index is 14.0. The highest BCUT2D eigenvalue weighted by Crippen LogP contribution is 2.52. The van der Waals surface area contributed by atoms with Gasteiger partial charge in [-0.05, 0) is 54.4 Å². The number of hydrogen-bond acceptors (Lipinski definition) is 7. The third kappa shape index (κ3) is 6.20. The molecule has 0 saturated carbocycles. The van der Waals surface area contributed by atoms with Gasteiger partial charge in [-0.15, -0.1) is 0 Å². The number of hydrogen-bond donors (Lipinski definition) is 0. The fourth-order valence-corrected chi connectivity index (χ4v) is 8.89. The Morgan fingerprint density at radius 2 is 1.80 bits per heavy atom. The quantitative estimate of drug-likeness (QED) is 0.195. The molecule has 0 N–H and O–H groups in total. The molecule has 0 amide bonds. The molecule has 0 radical (unpaired) electrons. The van der Waals surface area contributed by atoms with Gasteiger partial charge < -0.3 is 18.7 Å². The lowest BCUT2D eigenvalue weighted by Crippen LogP contribution is -2.38. The third-order valence-electron chi connectivity index (χ3n) is 10.3. The first kappa shape index (κ1) is 32.6. The van der Waals surface area contributed by atoms with E-state index >= 15 is 0 Å². The standard InChI is InChI=1S/C37H47O7P/c1-8-9-13-32-36(37(40-6)35(42-32)28-16-14-25-22(3)11-10-12-26(25)28)44-45(7,39)41-20-33-23(4)24(5)34(43-33)29-17-15-27-30(29)18-21(2)19-31(27)38/h9-18,23-24,28-29,32-37H,8,19-20H2,1-7H3/b13-9-/t23-,24?,28?,29?,32-,33-,34-,35+,36+,37?,45?/m1/s1. The van der Waals surface area contributed by atoms with Gasteiger partial charge in [0.1, 0.15) is 18.3 Å². The minimum atomic E-state index is -3.55. The van der Waals surface area contributed by atoms with Gasteiger partial charge in [-0.1, -0.05) is 87.1 Å². The molecule has 2 saturated heterocycles. The molecule has 2 aliphatic heterocycles. The highest BCUT2D eigenvalue weighted by molar-refractivity contribution is 7.53. The first-order valence-corrected chi connectivity index (χ1v) is 18.3. The molecule has 1 aromatic carbocycles. The minimum Gasteiger partial charge on any atom is -0.376 e. The monoisotopic (exact) mass is 634 g/mol. The van der Waals surface area contributed by atoms with Gasteiger partial charge in [0.25, 0.3) is 0 Å². The normalized spacial score (nSPS) is 37.0. The summed E-state index contributed by atoms with van der Waals surface area (Å²) in [5.41, 5.74) is 6.59. The van der Waals surface area contributed by atoms with Crippen molar-refractivity contribution < 1.29 is 32.6 Å². The van der Waals surface area contributed by atoms with Crippen LogP contribution in [0.15, 0.2) is 71.4 Å². The molecule has 11 atom stereocenters. The number of rotatable bonds is 10. The van der Waals surface area contributed by atoms with Crippen molar-refractivity contribution in [3.63, 3.8) is 0 Å². The summed E-state index contributed by atoms with van der Waals surface area (Å²) in [6, 6.07) is 6.33. The highest BCUT2D eigenvalue weighted by Gasteiger charge is 2.51. The summed E-state index contributed by atoms with van der Waals surface area (Å²) in [6.45, 7) is 12.2. The average Bonchev–Trinajstić information content (AvgIpc) is 3.76. The predicted molar refractivity (Wildman–Crippen MR) is 176 cm³/mol. The summed E-state index contributed by atoms with van der Waals surface area (Å²) in [4.78, 5) is 12.6. The van der Waals surface area contributed by atoms with Gasteiger partial charge in [-0.2, -0.15) is 0 Å². The van der Waals surface area contributed by atoms with Crippen LogP contribution >= 0.6 is 7.60 Å². The molecule has 45 heavy (non-hydrogen) atoms. The number of allylic oxidation sites excluding steroid dienone is 5. The van der Waals surface area contributed by atoms with Crippen LogP contribution in [-0.2, 0) is 32.6 Å². The molecular formula is C37H47O7P. The second-order valence-corrected chi connectivity index (χ2v) is 15.4. The van der Waals surface area contributed by atoms with Crippen LogP contribution in [0.2, 0.25) is 0 Å². The molecule has 5 aliphatic rings. The molecule has 3 aliphatic carbocycles. The van der Waals surface area contributed by atoms with Gasteiger partial charge in [0.2, 0.25) is 0 Å². The van der Waals surface area contributed by atoms with E-state index in [4.69, 9.17) is 23.3 Å². The van der Waals surface area contributed by atoms with Crippen LogP contribution in [0.25, 0.3) is 6.08 Å². The SMILES string of the molecule is CC/C=C\[C@H]1O[C@@H](C2C=Cc3c(C)cccc32)C(OC)[C@H]1OP(C)(=O)OC[C@H]1O[C@@H](C2C=CC3=C2C=C(C)CC3=O)C(C)[C@H]1C. The van der Waals surface area contributed by atoms with Crippen LogP contribution < -0.4 is 0 Å². The first-order chi connectivity index (χ1) is 21.5. The van der Waals surface area contributed by atoms with E-state index in [1.807, 2.05) is 25.2 Å². The van der Waals surface area contributed by atoms with E-state index in [1.54, 1.807) is 7.11 Å². The van der Waals surface area contributed by atoms with Crippen LogP contribution in [0.5, 0.6) is 0 Å². The lowest BCUT2D eigenvalue weighted by atomic mass is 9.80. The highest BCUT2D eigenvalue weighted by atomic mass is 31.2. The topological polar surface area (TPSA) is 80.3 Å². The number of benzene rings is 1. The van der Waals surface area contributed by atoms with Gasteiger partial charge in [-0.3, -0.25) is 13.9 Å². The molecule has 0 spiro atoms. The number of fused-ring (bicyclic) bond motifs is 1. The van der Waals surface area contributed by atoms with Crippen molar-refractivity contribution in [2.45, 2.75) is 90.0 Å². The number of methoxy groups -OCH3 is 1. The molecule has 7 nitrogen and oxygen atoms in total. The lowest BCUT2D eigenvalue weighted by Gasteiger charge is -2.28. The summed E-state index contributed by atoms with van der Waals surface area (Å²) in [5.74, 6) is 0.582. The molecular weight excluding hydrogens is 587 g/mol. The summed E-state index contributed by atoms with van der Waals surface area (Å²) in [5, 5.41) is 0. The van der Waals surface area contributed by atoms with Crippen molar-refractivity contribution >= 4 is 19.5 Å². The summed E-state index contributed by atoms with van der Waals surface area (Å²) >= 11 is 0. The largest absolute Gasteiger partial charge is 0.376 e. The Balaban J connectivity index is 1.14. The van der Waals surface area contributed by atoms with Gasteiger partial charge in [0.15, 0.2) is 5.78 Å². The van der Waals surface area contributed by atoms with Crippen molar-refractivity contribution in [3.8, 4) is 0 Å². The molecule has 5 unspecified atom stereocenters. The maximum atomic E-state index is 14.0. The third-order valence-corrected chi connectivity index (χ3v) is 11.6. The van der Waals surface area contributed by atoms with Crippen LogP contribution in [0.1, 0.15) is 63.1 Å². The molecule has 242 valence electrons. The maximum Gasteiger partial charge on any atom is 0.328 e. The van der Waals surface area contributed by atoms with Crippen LogP contribution in [0, 0.1) is 24.7 Å². The molecule has 8 heteroatoms. The number of ketones is 1. The Labute approximate surface area is 267 Å². The number of carbonyl (C=O) groups is 1. The number of carbonyl (C=O) groups excluding carboxylic acids is 1. The molecule has 6 rings (SSSR count). The Hall–Kier alpha value is -2.38. The van der Waals surface area contributed by atoms with E-state index in [2.05, 4.69) is 70.2 Å². The average molecular weight is 635 g/mol. The van der Waals surface area contributed by atoms with Gasteiger partial charge in [-0.25, -0.2) is 0 Å². The predicted octanol–water partition coefficient (Wildman–Crippen LogP) is 7.52. The smallest absolute Gasteiger partial charge is 0.328 e. The summed E-state index contributed by atoms with van der Waals surface area (Å²) in [6.07, 6.45) is 13.7. The van der Waals surface area contributed by atoms with E-state index < -0.39 is 25.9 Å². The zero-order valence-corrected chi connectivity index (χ0v) is 28.4. The zero-order chi connectivity index (χ0) is 32.0. The van der Waals surface area contributed by atoms with E-state index in [0.29, 0.717) is 6.42 Å². The number of aryl methyl sites for hydroxylation is 1. The fourth-order valence-electron chi connectivity index (χ4n) is 7.73. The Morgan fingerprint density at radius 1 is 1.02 bits per heavy atom. The molecule has 1 aromatic rings. The second-order valence-electron chi connectivity index (χ2n) is 13.4. The Bertz CT molecular complexity index is 1520. The molecule has 2 heterocycles. The Morgan fingerprint density at radius 3 is 2.56 bits per heavy atom. The van der Waals surface area contributed by atoms with Crippen molar-refractivity contribution in [3.05, 3.63) is 88.1 Å². The van der Waals surface area contributed by atoms with E-state index in [-0.39, 0.29) is 54.4 Å². The Kier molecular flexibility index (Phi) is 9.42. The zero-order valence-electron chi connectivity index (χ0n) is 27.5. The van der Waals surface area contributed by atoms with E-state index in [0.717, 1.165) is 23.1 Å². The van der Waals surface area contributed by atoms with Crippen molar-refractivity contribution in [1.29, 1.82) is 0 Å².